The number of hydrogen-bond donors (Lipinski definition) is 2. The molecule has 1 aliphatic rings. The normalized spacial score (nSPS) is 13.6. The number of benzene rings is 2. The number of nitrogens with one attached hydrogen (secondary N) is 2. The van der Waals surface area contributed by atoms with Gasteiger partial charge in [-0.15, -0.1) is 0 Å². The van der Waals surface area contributed by atoms with Crippen molar-refractivity contribution in [3.63, 3.8) is 0 Å². The van der Waals surface area contributed by atoms with Gasteiger partial charge in [-0.1, -0.05) is 6.07 Å². The van der Waals surface area contributed by atoms with E-state index in [0.29, 0.717) is 11.4 Å². The first-order chi connectivity index (χ1) is 13.7. The molecule has 1 aliphatic carbocycles. The second kappa shape index (κ2) is 8.62. The van der Waals surface area contributed by atoms with Gasteiger partial charge in [0.25, 0.3) is 11.8 Å². The van der Waals surface area contributed by atoms with Crippen molar-refractivity contribution in [3.8, 4) is 5.75 Å². The van der Waals surface area contributed by atoms with Crippen molar-refractivity contribution in [1.82, 2.24) is 9.62 Å². The highest BCUT2D eigenvalue weighted by atomic mass is 32.2. The van der Waals surface area contributed by atoms with Crippen LogP contribution in [0.5, 0.6) is 5.75 Å². The van der Waals surface area contributed by atoms with Gasteiger partial charge in [0.2, 0.25) is 10.0 Å². The molecule has 0 bridgehead atoms. The SMILES string of the molecule is CN(C)C(=O)COc1ccc(NC(=O)c2cccc(S(=O)(=O)NC3CC3)c2)cc1. The number of rotatable bonds is 8. The first-order valence-corrected chi connectivity index (χ1v) is 10.6. The van der Waals surface area contributed by atoms with Crippen LogP contribution < -0.4 is 14.8 Å². The second-order valence-electron chi connectivity index (χ2n) is 6.98. The number of carbonyl (C=O) groups excluding carboxylic acids is 2. The minimum absolute atomic E-state index is 0.00812. The Hall–Kier alpha value is -2.91. The molecule has 1 fully saturated rings. The maximum Gasteiger partial charge on any atom is 0.259 e. The number of hydrogen-bond acceptors (Lipinski definition) is 5. The highest BCUT2D eigenvalue weighted by Gasteiger charge is 2.28. The molecular formula is C20H23N3O5S. The highest BCUT2D eigenvalue weighted by Crippen LogP contribution is 2.23. The number of anilines is 1. The molecule has 2 N–H and O–H groups in total. The van der Waals surface area contributed by atoms with E-state index in [4.69, 9.17) is 4.74 Å². The minimum atomic E-state index is -3.63. The second-order valence-corrected chi connectivity index (χ2v) is 8.69. The molecule has 2 aromatic carbocycles. The van der Waals surface area contributed by atoms with E-state index in [1.807, 2.05) is 0 Å². The smallest absolute Gasteiger partial charge is 0.259 e. The van der Waals surface area contributed by atoms with Gasteiger partial charge in [0.05, 0.1) is 4.90 Å². The molecule has 0 atom stereocenters. The van der Waals surface area contributed by atoms with Crippen molar-refractivity contribution in [3.05, 3.63) is 54.1 Å². The average Bonchev–Trinajstić information content (AvgIpc) is 3.50. The first kappa shape index (κ1) is 20.8. The summed E-state index contributed by atoms with van der Waals surface area (Å²) in [7, 11) is -0.338. The topological polar surface area (TPSA) is 105 Å². The van der Waals surface area contributed by atoms with Crippen LogP contribution in [0.1, 0.15) is 23.2 Å². The molecule has 0 heterocycles. The molecule has 8 nitrogen and oxygen atoms in total. The van der Waals surface area contributed by atoms with Gasteiger partial charge in [0.15, 0.2) is 6.61 Å². The number of nitrogens with zero attached hydrogens (tertiary/aromatic N) is 1. The Labute approximate surface area is 169 Å². The van der Waals surface area contributed by atoms with Gasteiger partial charge in [-0.3, -0.25) is 9.59 Å². The molecule has 0 aliphatic heterocycles. The van der Waals surface area contributed by atoms with E-state index in [9.17, 15) is 18.0 Å². The van der Waals surface area contributed by atoms with E-state index in [0.717, 1.165) is 12.8 Å². The van der Waals surface area contributed by atoms with E-state index in [-0.39, 0.29) is 29.0 Å². The number of likely N-dealkylation sites (N-methyl/N-ethyl adjacent to an activating group) is 1. The summed E-state index contributed by atoms with van der Waals surface area (Å²) in [5.74, 6) is -0.0873. The van der Waals surface area contributed by atoms with Crippen LogP contribution in [-0.4, -0.2) is 51.9 Å². The van der Waals surface area contributed by atoms with Gasteiger partial charge in [-0.2, -0.15) is 0 Å². The predicted octanol–water partition coefficient (Wildman–Crippen LogP) is 1.85. The van der Waals surface area contributed by atoms with E-state index in [2.05, 4.69) is 10.0 Å². The largest absolute Gasteiger partial charge is 0.484 e. The average molecular weight is 417 g/mol. The lowest BCUT2D eigenvalue weighted by atomic mass is 10.2. The summed E-state index contributed by atoms with van der Waals surface area (Å²) in [6.07, 6.45) is 1.67. The molecule has 1 saturated carbocycles. The van der Waals surface area contributed by atoms with Crippen molar-refractivity contribution >= 4 is 27.5 Å². The zero-order chi connectivity index (χ0) is 21.0. The van der Waals surface area contributed by atoms with Crippen LogP contribution in [0.25, 0.3) is 0 Å². The quantitative estimate of drug-likeness (QED) is 0.682. The monoisotopic (exact) mass is 417 g/mol. The molecular weight excluding hydrogens is 394 g/mol. The standard InChI is InChI=1S/C20H23N3O5S/c1-23(2)19(24)13-28-17-10-8-15(9-11-17)21-20(25)14-4-3-5-18(12-14)29(26,27)22-16-6-7-16/h3-5,8-12,16,22H,6-7,13H2,1-2H3,(H,21,25). The fourth-order valence-corrected chi connectivity index (χ4v) is 3.76. The molecule has 0 radical (unpaired) electrons. The lowest BCUT2D eigenvalue weighted by molar-refractivity contribution is -0.130. The van der Waals surface area contributed by atoms with Crippen molar-refractivity contribution in [2.75, 3.05) is 26.0 Å². The van der Waals surface area contributed by atoms with Crippen LogP contribution in [0.3, 0.4) is 0 Å². The lowest BCUT2D eigenvalue weighted by Crippen LogP contribution is -2.27. The summed E-state index contributed by atoms with van der Waals surface area (Å²) in [5.41, 5.74) is 0.756. The Morgan fingerprint density at radius 1 is 1.10 bits per heavy atom. The van der Waals surface area contributed by atoms with Crippen LogP contribution in [0.4, 0.5) is 5.69 Å². The van der Waals surface area contributed by atoms with Crippen LogP contribution in [0.15, 0.2) is 53.4 Å². The minimum Gasteiger partial charge on any atom is -0.484 e. The molecule has 154 valence electrons. The molecule has 0 unspecified atom stereocenters. The molecule has 9 heteroatoms. The molecule has 29 heavy (non-hydrogen) atoms. The molecule has 0 aromatic heterocycles. The molecule has 3 rings (SSSR count). The van der Waals surface area contributed by atoms with Crippen molar-refractivity contribution in [1.29, 1.82) is 0 Å². The zero-order valence-electron chi connectivity index (χ0n) is 16.2. The highest BCUT2D eigenvalue weighted by molar-refractivity contribution is 7.89. The van der Waals surface area contributed by atoms with Crippen LogP contribution in [0.2, 0.25) is 0 Å². The first-order valence-electron chi connectivity index (χ1n) is 9.11. The van der Waals surface area contributed by atoms with Crippen molar-refractivity contribution < 1.29 is 22.7 Å². The zero-order valence-corrected chi connectivity index (χ0v) is 17.0. The third-order valence-corrected chi connectivity index (χ3v) is 5.80. The Morgan fingerprint density at radius 2 is 1.79 bits per heavy atom. The summed E-state index contributed by atoms with van der Waals surface area (Å²) >= 11 is 0. The number of amides is 2. The van der Waals surface area contributed by atoms with Gasteiger partial charge in [0, 0.05) is 31.4 Å². The van der Waals surface area contributed by atoms with Gasteiger partial charge < -0.3 is 15.0 Å². The molecule has 0 spiro atoms. The fourth-order valence-electron chi connectivity index (χ4n) is 2.41. The maximum absolute atomic E-state index is 12.5. The van der Waals surface area contributed by atoms with Crippen molar-refractivity contribution in [2.45, 2.75) is 23.8 Å². The van der Waals surface area contributed by atoms with Crippen LogP contribution in [0, 0.1) is 0 Å². The van der Waals surface area contributed by atoms with Crippen molar-refractivity contribution in [2.24, 2.45) is 0 Å². The van der Waals surface area contributed by atoms with Gasteiger partial charge in [0.1, 0.15) is 5.75 Å². The molecule has 0 saturated heterocycles. The number of sulfonamides is 1. The van der Waals surface area contributed by atoms with Gasteiger partial charge in [-0.25, -0.2) is 13.1 Å². The number of carbonyl (C=O) groups is 2. The summed E-state index contributed by atoms with van der Waals surface area (Å²) in [6, 6.07) is 12.5. The van der Waals surface area contributed by atoms with Crippen LogP contribution >= 0.6 is 0 Å². The van der Waals surface area contributed by atoms with Gasteiger partial charge >= 0.3 is 0 Å². The van der Waals surface area contributed by atoms with E-state index >= 15 is 0 Å². The number of ether oxygens (including phenoxy) is 1. The maximum atomic E-state index is 12.5. The van der Waals surface area contributed by atoms with E-state index < -0.39 is 15.9 Å². The third-order valence-electron chi connectivity index (χ3n) is 4.28. The Kier molecular flexibility index (Phi) is 6.19. The van der Waals surface area contributed by atoms with Gasteiger partial charge in [-0.05, 0) is 55.3 Å². The lowest BCUT2D eigenvalue weighted by Gasteiger charge is -2.12. The van der Waals surface area contributed by atoms with E-state index in [1.165, 1.54) is 23.1 Å². The summed E-state index contributed by atoms with van der Waals surface area (Å²) in [4.78, 5) is 25.5. The third kappa shape index (κ3) is 5.78. The fraction of sp³-hybridized carbons (Fsp3) is 0.300. The Bertz CT molecular complexity index is 999. The van der Waals surface area contributed by atoms with Crippen LogP contribution in [-0.2, 0) is 14.8 Å². The van der Waals surface area contributed by atoms with E-state index in [1.54, 1.807) is 44.4 Å². The summed E-state index contributed by atoms with van der Waals surface area (Å²) in [5, 5.41) is 2.72. The predicted molar refractivity (Wildman–Crippen MR) is 108 cm³/mol. The Balaban J connectivity index is 1.63. The summed E-state index contributed by atoms with van der Waals surface area (Å²) in [6.45, 7) is -0.0745. The summed E-state index contributed by atoms with van der Waals surface area (Å²) < 4.78 is 32.6. The Morgan fingerprint density at radius 3 is 2.41 bits per heavy atom. The molecule has 2 amide bonds. The molecule has 2 aromatic rings.